The number of rotatable bonds is 4. The summed E-state index contributed by atoms with van der Waals surface area (Å²) in [7, 11) is 0. The predicted molar refractivity (Wildman–Crippen MR) is 75.4 cm³/mol. The van der Waals surface area contributed by atoms with E-state index in [9.17, 15) is 9.59 Å². The second-order valence-corrected chi connectivity index (χ2v) is 5.47. The molecule has 3 N–H and O–H groups in total. The number of nitrogens with zero attached hydrogens (tertiary/aromatic N) is 1. The van der Waals surface area contributed by atoms with Crippen molar-refractivity contribution >= 4 is 27.9 Å². The van der Waals surface area contributed by atoms with E-state index in [-0.39, 0.29) is 18.4 Å². The molecule has 0 aliphatic carbocycles. The third-order valence-electron chi connectivity index (χ3n) is 3.16. The Labute approximate surface area is 120 Å². The fraction of sp³-hybridized carbons (Fsp3) is 0.385. The molecule has 1 fully saturated rings. The van der Waals surface area contributed by atoms with Crippen LogP contribution in [-0.4, -0.2) is 29.9 Å². The molecule has 0 aromatic heterocycles. The molecule has 6 heteroatoms. The molecule has 2 rings (SSSR count). The minimum atomic E-state index is -0.624. The molecule has 1 aliphatic heterocycles. The Hall–Kier alpha value is -1.56. The first-order chi connectivity index (χ1) is 9.06. The first-order valence-corrected chi connectivity index (χ1v) is 6.95. The zero-order chi connectivity index (χ0) is 13.8. The quantitative estimate of drug-likeness (QED) is 0.885. The topological polar surface area (TPSA) is 75.4 Å². The molecule has 1 aliphatic rings. The van der Waals surface area contributed by atoms with Crippen molar-refractivity contribution in [2.24, 2.45) is 5.73 Å². The van der Waals surface area contributed by atoms with Crippen molar-refractivity contribution in [2.45, 2.75) is 18.9 Å². The van der Waals surface area contributed by atoms with Gasteiger partial charge >= 0.3 is 6.03 Å². The number of carbonyl (C=O) groups excluding carboxylic acids is 2. The van der Waals surface area contributed by atoms with Gasteiger partial charge in [-0.2, -0.15) is 0 Å². The van der Waals surface area contributed by atoms with E-state index in [0.717, 1.165) is 29.5 Å². The Morgan fingerprint density at radius 2 is 2.16 bits per heavy atom. The maximum atomic E-state index is 12.0. The highest BCUT2D eigenvalue weighted by Gasteiger charge is 2.24. The lowest BCUT2D eigenvalue weighted by atomic mass is 10.0. The Morgan fingerprint density at radius 1 is 1.42 bits per heavy atom. The molecule has 0 bridgehead atoms. The number of urea groups is 1. The monoisotopic (exact) mass is 325 g/mol. The summed E-state index contributed by atoms with van der Waals surface area (Å²) in [5.41, 5.74) is 6.04. The summed E-state index contributed by atoms with van der Waals surface area (Å²) < 4.78 is 0.901. The van der Waals surface area contributed by atoms with E-state index in [1.165, 1.54) is 0 Å². The van der Waals surface area contributed by atoms with Crippen molar-refractivity contribution in [3.8, 4) is 0 Å². The van der Waals surface area contributed by atoms with Crippen molar-refractivity contribution in [2.75, 3.05) is 13.1 Å². The van der Waals surface area contributed by atoms with E-state index < -0.39 is 6.03 Å². The fourth-order valence-corrected chi connectivity index (χ4v) is 2.43. The molecule has 1 heterocycles. The second kappa shape index (κ2) is 6.06. The van der Waals surface area contributed by atoms with Crippen molar-refractivity contribution in [1.29, 1.82) is 0 Å². The number of halogens is 1. The molecular formula is C13H16BrN3O2. The zero-order valence-corrected chi connectivity index (χ0v) is 12.0. The smallest absolute Gasteiger partial charge is 0.312 e. The summed E-state index contributed by atoms with van der Waals surface area (Å²) in [5.74, 6) is 0.0463. The number of primary amides is 1. The van der Waals surface area contributed by atoms with Gasteiger partial charge in [-0.25, -0.2) is 4.79 Å². The lowest BCUT2D eigenvalue weighted by Crippen LogP contribution is -2.44. The third kappa shape index (κ3) is 3.70. The third-order valence-corrected chi connectivity index (χ3v) is 3.65. The second-order valence-electron chi connectivity index (χ2n) is 4.55. The van der Waals surface area contributed by atoms with Crippen LogP contribution in [0.2, 0.25) is 0 Å². The molecule has 0 spiro atoms. The highest BCUT2D eigenvalue weighted by molar-refractivity contribution is 9.10. The first kappa shape index (κ1) is 13.9. The molecule has 1 saturated heterocycles. The van der Waals surface area contributed by atoms with Gasteiger partial charge in [-0.1, -0.05) is 28.1 Å². The number of hydrogen-bond donors (Lipinski definition) is 2. The molecule has 5 nitrogen and oxygen atoms in total. The number of hydrogen-bond acceptors (Lipinski definition) is 2. The number of nitrogens with one attached hydrogen (secondary N) is 1. The summed E-state index contributed by atoms with van der Waals surface area (Å²) in [4.78, 5) is 24.9. The van der Waals surface area contributed by atoms with Crippen LogP contribution in [0.3, 0.4) is 0 Å². The number of benzene rings is 1. The normalized spacial score (nSPS) is 15.5. The van der Waals surface area contributed by atoms with Gasteiger partial charge in [0, 0.05) is 17.6 Å². The lowest BCUT2D eigenvalue weighted by molar-refractivity contribution is -0.135. The van der Waals surface area contributed by atoms with E-state index in [1.54, 1.807) is 4.90 Å². The number of likely N-dealkylation sites (tertiary alicyclic amines) is 1. The Balaban J connectivity index is 2.10. The average molecular weight is 326 g/mol. The van der Waals surface area contributed by atoms with Gasteiger partial charge in [0.25, 0.3) is 0 Å². The minimum Gasteiger partial charge on any atom is -0.352 e. The van der Waals surface area contributed by atoms with E-state index in [2.05, 4.69) is 21.2 Å². The van der Waals surface area contributed by atoms with Crippen LogP contribution in [0.15, 0.2) is 28.7 Å². The maximum Gasteiger partial charge on any atom is 0.312 e. The van der Waals surface area contributed by atoms with Crippen molar-refractivity contribution < 1.29 is 9.59 Å². The van der Waals surface area contributed by atoms with Gasteiger partial charge in [0.2, 0.25) is 5.91 Å². The van der Waals surface area contributed by atoms with Crippen LogP contribution in [0, 0.1) is 0 Å². The van der Waals surface area contributed by atoms with Gasteiger partial charge < -0.3 is 16.0 Å². The van der Waals surface area contributed by atoms with Crippen molar-refractivity contribution in [1.82, 2.24) is 10.2 Å². The molecule has 1 atom stereocenters. The Morgan fingerprint density at radius 3 is 2.68 bits per heavy atom. The van der Waals surface area contributed by atoms with Crippen LogP contribution in [-0.2, 0) is 4.79 Å². The summed E-state index contributed by atoms with van der Waals surface area (Å²) in [6.45, 7) is 1.61. The summed E-state index contributed by atoms with van der Waals surface area (Å²) >= 11 is 3.38. The van der Waals surface area contributed by atoms with E-state index >= 15 is 0 Å². The molecule has 19 heavy (non-hydrogen) atoms. The Bertz CT molecular complexity index is 489. The average Bonchev–Trinajstić information content (AvgIpc) is 2.25. The van der Waals surface area contributed by atoms with Crippen molar-refractivity contribution in [3.05, 3.63) is 34.3 Å². The molecule has 102 valence electrons. The van der Waals surface area contributed by atoms with Gasteiger partial charge in [0.05, 0.1) is 12.5 Å². The maximum absolute atomic E-state index is 12.0. The lowest BCUT2D eigenvalue weighted by Gasteiger charge is -2.32. The highest BCUT2D eigenvalue weighted by atomic mass is 79.9. The molecule has 1 aromatic rings. The summed E-state index contributed by atoms with van der Waals surface area (Å²) in [5, 5.41) is 2.63. The fourth-order valence-electron chi connectivity index (χ4n) is 2.02. The molecule has 0 radical (unpaired) electrons. The van der Waals surface area contributed by atoms with Crippen LogP contribution in [0.1, 0.15) is 24.4 Å². The summed E-state index contributed by atoms with van der Waals surface area (Å²) in [6.07, 6.45) is 1.29. The van der Waals surface area contributed by atoms with Crippen LogP contribution in [0.25, 0.3) is 0 Å². The van der Waals surface area contributed by atoms with E-state index in [1.807, 2.05) is 24.3 Å². The molecule has 1 unspecified atom stereocenters. The largest absolute Gasteiger partial charge is 0.352 e. The van der Waals surface area contributed by atoms with E-state index in [0.29, 0.717) is 0 Å². The van der Waals surface area contributed by atoms with Gasteiger partial charge in [-0.05, 0) is 24.1 Å². The molecular weight excluding hydrogens is 310 g/mol. The van der Waals surface area contributed by atoms with Crippen LogP contribution in [0.5, 0.6) is 0 Å². The van der Waals surface area contributed by atoms with Crippen LogP contribution in [0.4, 0.5) is 4.79 Å². The highest BCUT2D eigenvalue weighted by Crippen LogP contribution is 2.22. The standard InChI is InChI=1S/C13H16BrN3O2/c14-10-4-1-3-9(7-10)11(16-13(15)19)8-12(18)17-5-2-6-17/h1,3-4,7,11H,2,5-6,8H2,(H3,15,16,19). The number of amides is 3. The minimum absolute atomic E-state index is 0.0463. The Kier molecular flexibility index (Phi) is 4.42. The van der Waals surface area contributed by atoms with Gasteiger partial charge in [-0.3, -0.25) is 4.79 Å². The molecule has 0 saturated carbocycles. The number of nitrogens with two attached hydrogens (primary N) is 1. The van der Waals surface area contributed by atoms with Gasteiger partial charge in [0.15, 0.2) is 0 Å². The first-order valence-electron chi connectivity index (χ1n) is 6.15. The zero-order valence-electron chi connectivity index (χ0n) is 10.4. The van der Waals surface area contributed by atoms with Gasteiger partial charge in [-0.15, -0.1) is 0 Å². The van der Waals surface area contributed by atoms with Crippen molar-refractivity contribution in [3.63, 3.8) is 0 Å². The molecule has 3 amide bonds. The SMILES string of the molecule is NC(=O)NC(CC(=O)N1CCC1)c1cccc(Br)c1. The van der Waals surface area contributed by atoms with Crippen LogP contribution < -0.4 is 11.1 Å². The van der Waals surface area contributed by atoms with E-state index in [4.69, 9.17) is 5.73 Å². The predicted octanol–water partition coefficient (Wildman–Crippen LogP) is 1.78. The number of carbonyl (C=O) groups is 2. The van der Waals surface area contributed by atoms with Gasteiger partial charge in [0.1, 0.15) is 0 Å². The molecule has 1 aromatic carbocycles. The summed E-state index contributed by atoms with van der Waals surface area (Å²) in [6, 6.07) is 6.49. The van der Waals surface area contributed by atoms with Crippen LogP contribution >= 0.6 is 15.9 Å².